The van der Waals surface area contributed by atoms with Gasteiger partial charge in [0.15, 0.2) is 16.6 Å². The minimum absolute atomic E-state index is 0.156. The Hall–Kier alpha value is -0.466. The molecule has 0 amide bonds. The fourth-order valence-corrected chi connectivity index (χ4v) is 4.65. The lowest BCUT2D eigenvalue weighted by molar-refractivity contribution is 0.210. The average molecular weight is 425 g/mol. The predicted molar refractivity (Wildman–Crippen MR) is 127 cm³/mol. The molecule has 28 heavy (non-hydrogen) atoms. The molecule has 0 aromatic heterocycles. The van der Waals surface area contributed by atoms with Crippen LogP contribution in [-0.4, -0.2) is 41.1 Å². The van der Waals surface area contributed by atoms with Crippen LogP contribution in [0, 0.1) is 0 Å². The summed E-state index contributed by atoms with van der Waals surface area (Å²) in [6, 6.07) is 0. The summed E-state index contributed by atoms with van der Waals surface area (Å²) in [6.07, 6.45) is 5.02. The highest BCUT2D eigenvalue weighted by Crippen LogP contribution is 2.40. The van der Waals surface area contributed by atoms with Gasteiger partial charge in [-0.1, -0.05) is 60.3 Å². The molecule has 0 heterocycles. The molecule has 1 rings (SSSR count). The molecule has 3 nitrogen and oxygen atoms in total. The molecule has 0 radical (unpaired) electrons. The van der Waals surface area contributed by atoms with Crippen molar-refractivity contribution in [3.05, 3.63) is 35.5 Å². The van der Waals surface area contributed by atoms with Crippen LogP contribution in [0.25, 0.3) is 0 Å². The van der Waals surface area contributed by atoms with Gasteiger partial charge in [-0.05, 0) is 65.8 Å². The van der Waals surface area contributed by atoms with Gasteiger partial charge in [0.05, 0.1) is 19.3 Å². The zero-order valence-electron chi connectivity index (χ0n) is 20.0. The molecule has 0 saturated heterocycles. The molecule has 1 aliphatic carbocycles. The van der Waals surface area contributed by atoms with Crippen LogP contribution in [0.4, 0.5) is 0 Å². The van der Waals surface area contributed by atoms with Gasteiger partial charge in [0.2, 0.25) is 0 Å². The zero-order chi connectivity index (χ0) is 22.0. The first-order valence-corrected chi connectivity index (χ1v) is 16.3. The van der Waals surface area contributed by atoms with E-state index in [0.717, 1.165) is 24.0 Å². The molecule has 0 aromatic carbocycles. The zero-order valence-corrected chi connectivity index (χ0v) is 22.0. The van der Waals surface area contributed by atoms with Crippen LogP contribution in [0.3, 0.4) is 0 Å². The van der Waals surface area contributed by atoms with Gasteiger partial charge in [0, 0.05) is 0 Å². The molecule has 0 spiro atoms. The molecule has 5 heteroatoms. The van der Waals surface area contributed by atoms with Crippen LogP contribution in [0.15, 0.2) is 35.5 Å². The van der Waals surface area contributed by atoms with E-state index in [1.54, 1.807) is 6.08 Å². The van der Waals surface area contributed by atoms with E-state index < -0.39 is 22.7 Å². The maximum atomic E-state index is 10.7. The van der Waals surface area contributed by atoms with Crippen LogP contribution in [-0.2, 0) is 8.85 Å². The average Bonchev–Trinajstić information content (AvgIpc) is 2.88. The van der Waals surface area contributed by atoms with Gasteiger partial charge in [-0.3, -0.25) is 0 Å². The molecule has 1 N–H and O–H groups in total. The van der Waals surface area contributed by atoms with E-state index in [4.69, 9.17) is 8.85 Å². The fraction of sp³-hybridized carbons (Fsp3) is 0.739. The van der Waals surface area contributed by atoms with E-state index in [-0.39, 0.29) is 10.1 Å². The fourth-order valence-electron chi connectivity index (χ4n) is 2.73. The first kappa shape index (κ1) is 25.6. The third-order valence-corrected chi connectivity index (χ3v) is 15.9. The molecular weight excluding hydrogens is 380 g/mol. The van der Waals surface area contributed by atoms with Gasteiger partial charge >= 0.3 is 0 Å². The summed E-state index contributed by atoms with van der Waals surface area (Å²) in [5.41, 5.74) is 3.31. The van der Waals surface area contributed by atoms with E-state index in [1.165, 1.54) is 5.57 Å². The van der Waals surface area contributed by atoms with Gasteiger partial charge < -0.3 is 14.0 Å². The number of rotatable bonds is 8. The summed E-state index contributed by atoms with van der Waals surface area (Å²) in [5, 5.41) is 11.0. The number of hydrogen-bond acceptors (Lipinski definition) is 3. The Morgan fingerprint density at radius 3 is 2.00 bits per heavy atom. The Kier molecular flexibility index (Phi) is 8.34. The highest BCUT2D eigenvalue weighted by molar-refractivity contribution is 6.74. The van der Waals surface area contributed by atoms with Crippen molar-refractivity contribution in [1.82, 2.24) is 0 Å². The van der Waals surface area contributed by atoms with Crippen molar-refractivity contribution >= 4 is 16.6 Å². The van der Waals surface area contributed by atoms with Crippen molar-refractivity contribution in [3.8, 4) is 0 Å². The van der Waals surface area contributed by atoms with Gasteiger partial charge in [0.25, 0.3) is 0 Å². The van der Waals surface area contributed by atoms with E-state index in [2.05, 4.69) is 74.3 Å². The van der Waals surface area contributed by atoms with E-state index in [9.17, 15) is 5.11 Å². The minimum Gasteiger partial charge on any atom is -0.413 e. The molecule has 1 aliphatic rings. The van der Waals surface area contributed by atoms with Crippen molar-refractivity contribution in [2.75, 3.05) is 13.2 Å². The highest BCUT2D eigenvalue weighted by atomic mass is 28.4. The Bertz CT molecular complexity index is 617. The Morgan fingerprint density at radius 2 is 1.54 bits per heavy atom. The first-order valence-electron chi connectivity index (χ1n) is 10.5. The van der Waals surface area contributed by atoms with Crippen molar-refractivity contribution in [2.45, 2.75) is 96.8 Å². The highest BCUT2D eigenvalue weighted by Gasteiger charge is 2.39. The van der Waals surface area contributed by atoms with Gasteiger partial charge in [0.1, 0.15) is 0 Å². The summed E-state index contributed by atoms with van der Waals surface area (Å²) in [6.45, 7) is 27.6. The van der Waals surface area contributed by atoms with E-state index in [1.807, 2.05) is 6.08 Å². The summed E-state index contributed by atoms with van der Waals surface area (Å²) in [5.74, 6) is 0. The third-order valence-electron chi connectivity index (χ3n) is 6.91. The van der Waals surface area contributed by atoms with Gasteiger partial charge in [-0.2, -0.15) is 0 Å². The molecule has 0 aliphatic heterocycles. The van der Waals surface area contributed by atoms with Crippen LogP contribution in [0.2, 0.25) is 36.3 Å². The third kappa shape index (κ3) is 6.26. The van der Waals surface area contributed by atoms with Gasteiger partial charge in [-0.25, -0.2) is 0 Å². The normalized spacial score (nSPS) is 20.1. The topological polar surface area (TPSA) is 38.7 Å². The Labute approximate surface area is 176 Å². The van der Waals surface area contributed by atoms with Gasteiger partial charge in [-0.15, -0.1) is 0 Å². The van der Waals surface area contributed by atoms with Crippen molar-refractivity contribution < 1.29 is 14.0 Å². The largest absolute Gasteiger partial charge is 0.413 e. The quantitative estimate of drug-likeness (QED) is 0.352. The van der Waals surface area contributed by atoms with Crippen LogP contribution >= 0.6 is 0 Å². The number of hydrogen-bond donors (Lipinski definition) is 1. The number of allylic oxidation sites excluding steroid dienone is 2. The summed E-state index contributed by atoms with van der Waals surface area (Å²) in [4.78, 5) is 0. The van der Waals surface area contributed by atoms with Crippen LogP contribution in [0.1, 0.15) is 54.4 Å². The lowest BCUT2D eigenvalue weighted by Crippen LogP contribution is -2.41. The second-order valence-corrected chi connectivity index (χ2v) is 20.7. The van der Waals surface area contributed by atoms with Crippen molar-refractivity contribution in [1.29, 1.82) is 0 Å². The molecule has 162 valence electrons. The number of aliphatic hydroxyl groups is 1. The molecule has 0 fully saturated rings. The maximum Gasteiger partial charge on any atom is 0.192 e. The lowest BCUT2D eigenvalue weighted by Gasteiger charge is -2.37. The van der Waals surface area contributed by atoms with E-state index in [0.29, 0.717) is 13.2 Å². The predicted octanol–water partition coefficient (Wildman–Crippen LogP) is 6.59. The Balaban J connectivity index is 3.08. The standard InChI is InChI=1S/C23H44O3Si2/c1-12-13-18(16-25-27(8,9)22(2,3)4)21-19(14-15-20(21)24)17-26-28(10,11)23(5,6)7/h12-13,20,24H,1,14-17H2,2-11H3/b18-13-. The second kappa shape index (κ2) is 9.13. The minimum atomic E-state index is -1.87. The van der Waals surface area contributed by atoms with E-state index >= 15 is 0 Å². The van der Waals surface area contributed by atoms with Crippen molar-refractivity contribution in [3.63, 3.8) is 0 Å². The SMILES string of the molecule is C=C/C=C(/CO[Si](C)(C)C(C)(C)C)C1=C(CO[Si](C)(C)C(C)(C)C)CCC1O. The van der Waals surface area contributed by atoms with Crippen molar-refractivity contribution in [2.24, 2.45) is 0 Å². The summed E-state index contributed by atoms with van der Waals surface area (Å²) in [7, 11) is -3.70. The Morgan fingerprint density at radius 1 is 1.04 bits per heavy atom. The molecule has 0 bridgehead atoms. The maximum absolute atomic E-state index is 10.7. The lowest BCUT2D eigenvalue weighted by atomic mass is 10.0. The monoisotopic (exact) mass is 424 g/mol. The number of aliphatic hydroxyl groups excluding tert-OH is 1. The molecular formula is C23H44O3Si2. The molecule has 0 saturated carbocycles. The smallest absolute Gasteiger partial charge is 0.192 e. The molecule has 1 atom stereocenters. The summed E-state index contributed by atoms with van der Waals surface area (Å²) >= 11 is 0. The summed E-state index contributed by atoms with van der Waals surface area (Å²) < 4.78 is 12.9. The van der Waals surface area contributed by atoms with Crippen LogP contribution in [0.5, 0.6) is 0 Å². The molecule has 0 aromatic rings. The van der Waals surface area contributed by atoms with Crippen LogP contribution < -0.4 is 0 Å². The second-order valence-electron chi connectivity index (χ2n) is 11.1. The first-order chi connectivity index (χ1) is 12.5. The molecule has 1 unspecified atom stereocenters.